The Bertz CT molecular complexity index is 1300. The molecule has 0 saturated carbocycles. The van der Waals surface area contributed by atoms with Crippen LogP contribution in [0.1, 0.15) is 18.9 Å². The van der Waals surface area contributed by atoms with Crippen LogP contribution >= 0.6 is 11.8 Å². The fourth-order valence-corrected chi connectivity index (χ4v) is 4.38. The standard InChI is InChI=1S/C25H17F19OS/c1-2-11-45-16-9-7-15(8-10-16)14-5-3-13(4-6-14)12-46-25(43,44)22(35,36)21(33,34)20(31,32)19(29,30)18(27,28)17(26,23(37,38)39)24(40,41)42/h3-10H,2,11-12H2,1H3. The van der Waals surface area contributed by atoms with Crippen molar-refractivity contribution >= 4 is 11.8 Å². The fraction of sp³-hybridized carbons (Fsp3) is 0.520. The van der Waals surface area contributed by atoms with E-state index in [2.05, 4.69) is 0 Å². The molecule has 46 heavy (non-hydrogen) atoms. The van der Waals surface area contributed by atoms with Crippen LogP contribution in [0, 0.1) is 0 Å². The van der Waals surface area contributed by atoms with E-state index in [4.69, 9.17) is 4.74 Å². The van der Waals surface area contributed by atoms with Crippen molar-refractivity contribution in [3.05, 3.63) is 54.1 Å². The highest BCUT2D eigenvalue weighted by Gasteiger charge is 2.98. The largest absolute Gasteiger partial charge is 0.494 e. The number of benzene rings is 2. The van der Waals surface area contributed by atoms with Gasteiger partial charge >= 0.3 is 52.9 Å². The van der Waals surface area contributed by atoms with E-state index in [1.54, 1.807) is 0 Å². The van der Waals surface area contributed by atoms with Gasteiger partial charge in [-0.25, -0.2) is 4.39 Å². The van der Waals surface area contributed by atoms with Crippen molar-refractivity contribution < 1.29 is 88.2 Å². The second-order valence-electron chi connectivity index (χ2n) is 9.40. The molecule has 2 aromatic carbocycles. The molecule has 0 saturated heterocycles. The first-order valence-electron chi connectivity index (χ1n) is 12.0. The highest BCUT2D eigenvalue weighted by Crippen LogP contribution is 2.67. The van der Waals surface area contributed by atoms with E-state index >= 15 is 0 Å². The molecule has 0 aromatic heterocycles. The van der Waals surface area contributed by atoms with Gasteiger partial charge in [0.1, 0.15) is 5.75 Å². The van der Waals surface area contributed by atoms with Gasteiger partial charge in [0.25, 0.3) is 0 Å². The molecule has 0 unspecified atom stereocenters. The van der Waals surface area contributed by atoms with Gasteiger partial charge in [-0.1, -0.05) is 55.1 Å². The topological polar surface area (TPSA) is 9.23 Å². The van der Waals surface area contributed by atoms with Gasteiger partial charge in [-0.3, -0.25) is 0 Å². The van der Waals surface area contributed by atoms with E-state index in [1.165, 1.54) is 36.4 Å². The molecule has 1 nitrogen and oxygen atoms in total. The zero-order valence-electron chi connectivity index (χ0n) is 22.2. The molecular formula is C25H17F19OS. The molecule has 0 fully saturated rings. The maximum Gasteiger partial charge on any atom is 0.438 e. The average molecular weight is 726 g/mol. The predicted octanol–water partition coefficient (Wildman–Crippen LogP) is 11.0. The van der Waals surface area contributed by atoms with Gasteiger partial charge < -0.3 is 4.74 Å². The van der Waals surface area contributed by atoms with Gasteiger partial charge in [0.15, 0.2) is 0 Å². The van der Waals surface area contributed by atoms with E-state index in [0.717, 1.165) is 12.1 Å². The number of hydrogen-bond donors (Lipinski definition) is 0. The number of halogens is 19. The van der Waals surface area contributed by atoms with E-state index in [9.17, 15) is 83.4 Å². The Morgan fingerprint density at radius 1 is 0.500 bits per heavy atom. The average Bonchev–Trinajstić information content (AvgIpc) is 2.93. The third-order valence-electron chi connectivity index (χ3n) is 6.19. The Morgan fingerprint density at radius 3 is 1.26 bits per heavy atom. The second-order valence-corrected chi connectivity index (χ2v) is 10.5. The highest BCUT2D eigenvalue weighted by atomic mass is 32.2. The third kappa shape index (κ3) is 6.27. The van der Waals surface area contributed by atoms with Crippen LogP contribution in [0.3, 0.4) is 0 Å². The van der Waals surface area contributed by atoms with E-state index in [-0.39, 0.29) is 0 Å². The summed E-state index contributed by atoms with van der Waals surface area (Å²) in [5.74, 6) is -44.4. The monoisotopic (exact) mass is 726 g/mol. The SMILES string of the molecule is CCCOc1ccc(-c2ccc(CSC(F)(F)C(F)(F)C(F)(F)C(F)(F)C(F)(F)C(F)(F)C(F)(C(F)(F)F)C(F)(F)F)cc2)cc1. The molecule has 0 aliphatic heterocycles. The molecule has 0 radical (unpaired) electrons. The van der Waals surface area contributed by atoms with Gasteiger partial charge in [-0.15, -0.1) is 0 Å². The molecule has 0 spiro atoms. The Morgan fingerprint density at radius 2 is 0.870 bits per heavy atom. The van der Waals surface area contributed by atoms with Gasteiger partial charge in [0.05, 0.1) is 6.61 Å². The molecule has 0 N–H and O–H groups in total. The van der Waals surface area contributed by atoms with Crippen LogP contribution in [0.15, 0.2) is 48.5 Å². The summed E-state index contributed by atoms with van der Waals surface area (Å²) in [5, 5.41) is -6.64. The Kier molecular flexibility index (Phi) is 10.6. The number of rotatable bonds is 13. The number of thioether (sulfide) groups is 1. The molecule has 2 rings (SSSR count). The van der Waals surface area contributed by atoms with Crippen LogP contribution in [-0.2, 0) is 5.75 Å². The van der Waals surface area contributed by atoms with Crippen LogP contribution in [0.2, 0.25) is 0 Å². The maximum absolute atomic E-state index is 14.2. The molecule has 262 valence electrons. The van der Waals surface area contributed by atoms with Crippen LogP contribution in [-0.4, -0.2) is 59.5 Å². The Labute approximate surface area is 250 Å². The maximum atomic E-state index is 14.2. The van der Waals surface area contributed by atoms with Crippen LogP contribution in [0.4, 0.5) is 83.4 Å². The zero-order chi connectivity index (χ0) is 36.0. The van der Waals surface area contributed by atoms with E-state index in [1.807, 2.05) is 6.92 Å². The summed E-state index contributed by atoms with van der Waals surface area (Å²) in [6.07, 6.45) is -15.9. The van der Waals surface area contributed by atoms with Crippen molar-refractivity contribution in [3.8, 4) is 16.9 Å². The summed E-state index contributed by atoms with van der Waals surface area (Å²) >= 11 is -1.65. The van der Waals surface area contributed by atoms with Crippen molar-refractivity contribution in [1.29, 1.82) is 0 Å². The van der Waals surface area contributed by atoms with Crippen LogP contribution < -0.4 is 4.74 Å². The molecule has 21 heteroatoms. The molecular weight excluding hydrogens is 709 g/mol. The lowest BCUT2D eigenvalue weighted by molar-refractivity contribution is -0.469. The summed E-state index contributed by atoms with van der Waals surface area (Å²) in [6.45, 7) is 2.23. The number of alkyl halides is 19. The summed E-state index contributed by atoms with van der Waals surface area (Å²) in [5.41, 5.74) is -8.35. The van der Waals surface area contributed by atoms with Crippen LogP contribution in [0.25, 0.3) is 11.1 Å². The molecule has 0 bridgehead atoms. The fourth-order valence-electron chi connectivity index (χ4n) is 3.53. The minimum absolute atomic E-state index is 0.351. The lowest BCUT2D eigenvalue weighted by Crippen LogP contribution is -2.77. The highest BCUT2D eigenvalue weighted by molar-refractivity contribution is 7.99. The lowest BCUT2D eigenvalue weighted by atomic mass is 9.84. The minimum Gasteiger partial charge on any atom is -0.494 e. The number of ether oxygens (including phenoxy) is 1. The first-order valence-corrected chi connectivity index (χ1v) is 13.0. The van der Waals surface area contributed by atoms with Gasteiger partial charge in [-0.05, 0) is 35.2 Å². The zero-order valence-corrected chi connectivity index (χ0v) is 23.1. The van der Waals surface area contributed by atoms with Gasteiger partial charge in [0, 0.05) is 5.75 Å². The smallest absolute Gasteiger partial charge is 0.438 e. The van der Waals surface area contributed by atoms with E-state index in [0.29, 0.717) is 29.9 Å². The van der Waals surface area contributed by atoms with Crippen molar-refractivity contribution in [2.45, 2.75) is 72.0 Å². The first kappa shape index (κ1) is 39.4. The molecule has 0 heterocycles. The Balaban J connectivity index is 2.38. The Hall–Kier alpha value is -2.74. The summed E-state index contributed by atoms with van der Waals surface area (Å²) in [7, 11) is 0. The van der Waals surface area contributed by atoms with Crippen molar-refractivity contribution in [1.82, 2.24) is 0 Å². The van der Waals surface area contributed by atoms with Crippen LogP contribution in [0.5, 0.6) is 5.75 Å². The third-order valence-corrected chi connectivity index (χ3v) is 7.29. The van der Waals surface area contributed by atoms with Gasteiger partial charge in [-0.2, -0.15) is 79.0 Å². The molecule has 0 atom stereocenters. The predicted molar refractivity (Wildman–Crippen MR) is 125 cm³/mol. The van der Waals surface area contributed by atoms with Crippen molar-refractivity contribution in [2.24, 2.45) is 0 Å². The summed E-state index contributed by atoms with van der Waals surface area (Å²) in [4.78, 5) is 0. The van der Waals surface area contributed by atoms with Gasteiger partial charge in [0.2, 0.25) is 0 Å². The van der Waals surface area contributed by atoms with Crippen molar-refractivity contribution in [3.63, 3.8) is 0 Å². The summed E-state index contributed by atoms with van der Waals surface area (Å²) in [6, 6.07) is 10.3. The molecule has 0 amide bonds. The van der Waals surface area contributed by atoms with Crippen molar-refractivity contribution in [2.75, 3.05) is 6.61 Å². The first-order chi connectivity index (χ1) is 20.5. The second kappa shape index (κ2) is 12.4. The normalized spacial score (nSPS) is 14.9. The molecule has 0 aliphatic carbocycles. The molecule has 2 aromatic rings. The lowest BCUT2D eigenvalue weighted by Gasteiger charge is -2.44. The summed E-state index contributed by atoms with van der Waals surface area (Å²) < 4.78 is 262. The minimum atomic E-state index is -9.02. The van der Waals surface area contributed by atoms with E-state index < -0.39 is 76.0 Å². The quantitative estimate of drug-likeness (QED) is 0.190. The molecule has 0 aliphatic rings. The number of hydrogen-bond acceptors (Lipinski definition) is 2.